The predicted octanol–water partition coefficient (Wildman–Crippen LogP) is 5.51. The molecule has 7 heteroatoms. The molecule has 0 aromatic heterocycles. The van der Waals surface area contributed by atoms with E-state index in [1.54, 1.807) is 30.9 Å². The summed E-state index contributed by atoms with van der Waals surface area (Å²) in [5.74, 6) is -0.398. The van der Waals surface area contributed by atoms with Crippen molar-refractivity contribution in [2.75, 3.05) is 6.54 Å². The van der Waals surface area contributed by atoms with Crippen LogP contribution < -0.4 is 5.32 Å². The molecule has 0 radical (unpaired) electrons. The van der Waals surface area contributed by atoms with Gasteiger partial charge in [0.05, 0.1) is 6.04 Å². The Hall–Kier alpha value is -3.31. The lowest BCUT2D eigenvalue weighted by atomic mass is 9.92. The standard InChI is InChI=1S/C25H33N5O2/c1-6-18(2)22(17-27-29-26)28-24(32)25(4,5)30(19(3)20-13-9-7-10-14-20)23(31)21-15-11-8-12-16-21/h7-16,18-19,22H,6,17H2,1-5H3,(H,28,32)/t18-,19-,22+/m0/s1. The maximum absolute atomic E-state index is 13.6. The molecule has 0 aliphatic heterocycles. The second-order valence-corrected chi connectivity index (χ2v) is 8.57. The van der Waals surface area contributed by atoms with Crippen LogP contribution in [0.15, 0.2) is 65.8 Å². The van der Waals surface area contributed by atoms with E-state index >= 15 is 0 Å². The molecule has 0 unspecified atom stereocenters. The van der Waals surface area contributed by atoms with Gasteiger partial charge in [-0.15, -0.1) is 0 Å². The Morgan fingerprint density at radius 1 is 1.06 bits per heavy atom. The van der Waals surface area contributed by atoms with E-state index in [1.165, 1.54) is 0 Å². The topological polar surface area (TPSA) is 98.2 Å². The van der Waals surface area contributed by atoms with Crippen molar-refractivity contribution >= 4 is 11.8 Å². The highest BCUT2D eigenvalue weighted by atomic mass is 16.2. The largest absolute Gasteiger partial charge is 0.351 e. The number of carbonyl (C=O) groups is 2. The molecule has 0 bridgehead atoms. The van der Waals surface area contributed by atoms with Gasteiger partial charge < -0.3 is 10.2 Å². The van der Waals surface area contributed by atoms with E-state index < -0.39 is 5.54 Å². The number of azide groups is 1. The first-order valence-electron chi connectivity index (χ1n) is 11.0. The first-order valence-corrected chi connectivity index (χ1v) is 11.0. The van der Waals surface area contributed by atoms with Crippen molar-refractivity contribution in [2.24, 2.45) is 11.0 Å². The van der Waals surface area contributed by atoms with Gasteiger partial charge in [0.25, 0.3) is 5.91 Å². The van der Waals surface area contributed by atoms with Crippen molar-refractivity contribution in [3.63, 3.8) is 0 Å². The highest BCUT2D eigenvalue weighted by Gasteiger charge is 2.42. The molecule has 0 heterocycles. The predicted molar refractivity (Wildman–Crippen MR) is 127 cm³/mol. The van der Waals surface area contributed by atoms with Crippen molar-refractivity contribution in [3.05, 3.63) is 82.2 Å². The third-order valence-electron chi connectivity index (χ3n) is 6.06. The number of hydrogen-bond donors (Lipinski definition) is 1. The maximum atomic E-state index is 13.6. The molecule has 0 aliphatic rings. The third-order valence-corrected chi connectivity index (χ3v) is 6.06. The monoisotopic (exact) mass is 435 g/mol. The average molecular weight is 436 g/mol. The van der Waals surface area contributed by atoms with Gasteiger partial charge in [0.1, 0.15) is 5.54 Å². The second-order valence-electron chi connectivity index (χ2n) is 8.57. The summed E-state index contributed by atoms with van der Waals surface area (Å²) in [5.41, 5.74) is 9.03. The normalized spacial score (nSPS) is 13.9. The van der Waals surface area contributed by atoms with Crippen LogP contribution in [0.4, 0.5) is 0 Å². The molecule has 32 heavy (non-hydrogen) atoms. The number of nitrogens with one attached hydrogen (secondary N) is 1. The van der Waals surface area contributed by atoms with Gasteiger partial charge in [0.2, 0.25) is 5.91 Å². The van der Waals surface area contributed by atoms with Crippen LogP contribution in [0, 0.1) is 5.92 Å². The Labute approximate surface area is 190 Å². The molecule has 2 rings (SSSR count). The number of nitrogens with zero attached hydrogens (tertiary/aromatic N) is 4. The Balaban J connectivity index is 2.44. The molecule has 0 aliphatic carbocycles. The Morgan fingerprint density at radius 2 is 1.62 bits per heavy atom. The summed E-state index contributed by atoms with van der Waals surface area (Å²) in [6, 6.07) is 18.0. The van der Waals surface area contributed by atoms with Gasteiger partial charge in [-0.2, -0.15) is 0 Å². The quantitative estimate of drug-likeness (QED) is 0.302. The molecule has 2 amide bonds. The zero-order valence-corrected chi connectivity index (χ0v) is 19.5. The number of rotatable bonds is 10. The SMILES string of the molecule is CC[C@H](C)[C@@H](CN=[N+]=[N-])NC(=O)C(C)(C)N(C(=O)c1ccccc1)[C@@H](C)c1ccccc1. The van der Waals surface area contributed by atoms with E-state index in [4.69, 9.17) is 5.53 Å². The fourth-order valence-corrected chi connectivity index (χ4v) is 3.75. The lowest BCUT2D eigenvalue weighted by Gasteiger charge is -2.42. The van der Waals surface area contributed by atoms with E-state index in [0.717, 1.165) is 12.0 Å². The summed E-state index contributed by atoms with van der Waals surface area (Å²) in [6.07, 6.45) is 0.819. The van der Waals surface area contributed by atoms with Crippen molar-refractivity contribution in [3.8, 4) is 0 Å². The van der Waals surface area contributed by atoms with E-state index in [2.05, 4.69) is 15.3 Å². The van der Waals surface area contributed by atoms with Crippen LogP contribution in [-0.2, 0) is 4.79 Å². The summed E-state index contributed by atoms with van der Waals surface area (Å²) < 4.78 is 0. The van der Waals surface area contributed by atoms with E-state index in [-0.39, 0.29) is 36.4 Å². The number of hydrogen-bond acceptors (Lipinski definition) is 3. The Bertz CT molecular complexity index is 939. The van der Waals surface area contributed by atoms with Gasteiger partial charge in [-0.25, -0.2) is 0 Å². The zero-order chi connectivity index (χ0) is 23.7. The zero-order valence-electron chi connectivity index (χ0n) is 19.5. The lowest BCUT2D eigenvalue weighted by Crippen LogP contribution is -2.60. The van der Waals surface area contributed by atoms with Gasteiger partial charge in [-0.05, 0) is 49.9 Å². The van der Waals surface area contributed by atoms with Gasteiger partial charge in [0.15, 0.2) is 0 Å². The van der Waals surface area contributed by atoms with Gasteiger partial charge >= 0.3 is 0 Å². The summed E-state index contributed by atoms with van der Waals surface area (Å²) in [5, 5.41) is 6.71. The minimum atomic E-state index is -1.16. The van der Waals surface area contributed by atoms with Crippen LogP contribution in [0.25, 0.3) is 10.4 Å². The van der Waals surface area contributed by atoms with Crippen molar-refractivity contribution < 1.29 is 9.59 Å². The van der Waals surface area contributed by atoms with Crippen LogP contribution in [-0.4, -0.2) is 34.8 Å². The van der Waals surface area contributed by atoms with Crippen LogP contribution in [0.1, 0.15) is 63.0 Å². The van der Waals surface area contributed by atoms with E-state index in [9.17, 15) is 9.59 Å². The Kier molecular flexibility index (Phi) is 8.85. The molecular formula is C25H33N5O2. The maximum Gasteiger partial charge on any atom is 0.255 e. The summed E-state index contributed by atoms with van der Waals surface area (Å²) >= 11 is 0. The van der Waals surface area contributed by atoms with E-state index in [1.807, 2.05) is 69.3 Å². The first kappa shape index (κ1) is 25.0. The fourth-order valence-electron chi connectivity index (χ4n) is 3.75. The minimum Gasteiger partial charge on any atom is -0.351 e. The van der Waals surface area contributed by atoms with Crippen LogP contribution in [0.3, 0.4) is 0 Å². The molecule has 170 valence electrons. The molecule has 7 nitrogen and oxygen atoms in total. The molecule has 1 N–H and O–H groups in total. The number of carbonyl (C=O) groups excluding carboxylic acids is 2. The molecule has 2 aromatic carbocycles. The summed E-state index contributed by atoms with van der Waals surface area (Å²) in [7, 11) is 0. The van der Waals surface area contributed by atoms with Crippen LogP contribution in [0.2, 0.25) is 0 Å². The minimum absolute atomic E-state index is 0.116. The molecular weight excluding hydrogens is 402 g/mol. The molecule has 0 saturated carbocycles. The Morgan fingerprint density at radius 3 is 2.16 bits per heavy atom. The van der Waals surface area contributed by atoms with E-state index in [0.29, 0.717) is 5.56 Å². The molecule has 3 atom stereocenters. The van der Waals surface area contributed by atoms with Gasteiger partial charge in [0, 0.05) is 23.1 Å². The number of benzene rings is 2. The first-order chi connectivity index (χ1) is 15.2. The van der Waals surface area contributed by atoms with Crippen molar-refractivity contribution in [1.29, 1.82) is 0 Å². The molecule has 0 fully saturated rings. The van der Waals surface area contributed by atoms with Gasteiger partial charge in [-0.3, -0.25) is 9.59 Å². The third kappa shape index (κ3) is 5.89. The molecule has 0 saturated heterocycles. The number of amides is 2. The highest BCUT2D eigenvalue weighted by molar-refractivity contribution is 5.99. The molecule has 2 aromatic rings. The summed E-state index contributed by atoms with van der Waals surface area (Å²) in [4.78, 5) is 31.6. The van der Waals surface area contributed by atoms with Crippen LogP contribution in [0.5, 0.6) is 0 Å². The highest BCUT2D eigenvalue weighted by Crippen LogP contribution is 2.31. The second kappa shape index (κ2) is 11.3. The van der Waals surface area contributed by atoms with Crippen molar-refractivity contribution in [2.45, 2.75) is 58.7 Å². The molecule has 0 spiro atoms. The average Bonchev–Trinajstić information content (AvgIpc) is 2.81. The lowest BCUT2D eigenvalue weighted by molar-refractivity contribution is -0.132. The fraction of sp³-hybridized carbons (Fsp3) is 0.440. The van der Waals surface area contributed by atoms with Crippen LogP contribution >= 0.6 is 0 Å². The van der Waals surface area contributed by atoms with Gasteiger partial charge in [-0.1, -0.05) is 73.9 Å². The smallest absolute Gasteiger partial charge is 0.255 e. The summed E-state index contributed by atoms with van der Waals surface area (Å²) in [6.45, 7) is 9.62. The van der Waals surface area contributed by atoms with Crippen molar-refractivity contribution in [1.82, 2.24) is 10.2 Å².